The van der Waals surface area contributed by atoms with Gasteiger partial charge in [-0.05, 0) is 18.2 Å². The minimum Gasteiger partial charge on any atom is -0.212 e. The smallest absolute Gasteiger partial charge is 0.212 e. The maximum absolute atomic E-state index is 13.6. The van der Waals surface area contributed by atoms with Gasteiger partial charge >= 0.3 is 12.4 Å². The van der Waals surface area contributed by atoms with Gasteiger partial charge in [0.15, 0.2) is 11.5 Å². The third-order valence-electron chi connectivity index (χ3n) is 3.77. The fraction of sp³-hybridized carbons (Fsp3) is 0.133. The molecule has 140 valence electrons. The van der Waals surface area contributed by atoms with E-state index in [2.05, 4.69) is 15.2 Å². The Morgan fingerprint density at radius 3 is 2.33 bits per heavy atom. The lowest BCUT2D eigenvalue weighted by Crippen LogP contribution is -2.16. The van der Waals surface area contributed by atoms with Crippen molar-refractivity contribution >= 4 is 28.2 Å². The standard InChI is InChI=1S/C15H6ClF6N5/c16-9-3-1-2-7-6-23-27(11(7)9)12-8(14(17,18)19)4-5-10-24-13(15(20,21)22)25-26(10)12/h1-6H. The molecule has 0 bridgehead atoms. The van der Waals surface area contributed by atoms with Gasteiger partial charge in [-0.2, -0.15) is 36.0 Å². The number of halogens is 7. The molecule has 0 radical (unpaired) electrons. The molecule has 12 heteroatoms. The summed E-state index contributed by atoms with van der Waals surface area (Å²) in [5, 5.41) is 7.59. The molecule has 4 rings (SSSR count). The van der Waals surface area contributed by atoms with Gasteiger partial charge in [0.1, 0.15) is 5.56 Å². The average molecular weight is 406 g/mol. The molecule has 0 aliphatic carbocycles. The molecule has 3 heterocycles. The first-order valence-electron chi connectivity index (χ1n) is 7.24. The molecule has 1 aromatic carbocycles. The van der Waals surface area contributed by atoms with Crippen LogP contribution in [0.5, 0.6) is 0 Å². The predicted molar refractivity (Wildman–Crippen MR) is 82.6 cm³/mol. The fourth-order valence-corrected chi connectivity index (χ4v) is 2.94. The van der Waals surface area contributed by atoms with Crippen LogP contribution in [0.2, 0.25) is 5.02 Å². The molecule has 0 fully saturated rings. The van der Waals surface area contributed by atoms with E-state index in [4.69, 9.17) is 11.6 Å². The molecule has 0 aliphatic heterocycles. The van der Waals surface area contributed by atoms with Crippen LogP contribution >= 0.6 is 11.6 Å². The number of nitrogens with zero attached hydrogens (tertiary/aromatic N) is 5. The highest BCUT2D eigenvalue weighted by molar-refractivity contribution is 6.35. The average Bonchev–Trinajstić information content (AvgIpc) is 3.17. The lowest BCUT2D eigenvalue weighted by molar-refractivity contribution is -0.144. The van der Waals surface area contributed by atoms with Gasteiger partial charge in [0.05, 0.1) is 16.7 Å². The Bertz CT molecular complexity index is 1170. The van der Waals surface area contributed by atoms with E-state index in [1.165, 1.54) is 12.3 Å². The van der Waals surface area contributed by atoms with Gasteiger partial charge < -0.3 is 0 Å². The van der Waals surface area contributed by atoms with E-state index in [1.807, 2.05) is 0 Å². The van der Waals surface area contributed by atoms with Crippen molar-refractivity contribution < 1.29 is 26.3 Å². The number of benzene rings is 1. The number of hydrogen-bond donors (Lipinski definition) is 0. The van der Waals surface area contributed by atoms with Gasteiger partial charge in [-0.15, -0.1) is 5.10 Å². The van der Waals surface area contributed by atoms with Crippen LogP contribution in [0.4, 0.5) is 26.3 Å². The van der Waals surface area contributed by atoms with Crippen LogP contribution in [0.15, 0.2) is 36.5 Å². The maximum atomic E-state index is 13.6. The van der Waals surface area contributed by atoms with Gasteiger partial charge in [-0.25, -0.2) is 9.67 Å². The number of para-hydroxylation sites is 1. The van der Waals surface area contributed by atoms with Crippen molar-refractivity contribution in [3.63, 3.8) is 0 Å². The van der Waals surface area contributed by atoms with E-state index >= 15 is 0 Å². The van der Waals surface area contributed by atoms with Crippen LogP contribution < -0.4 is 0 Å². The number of fused-ring (bicyclic) bond motifs is 2. The Kier molecular flexibility index (Phi) is 3.64. The van der Waals surface area contributed by atoms with Crippen LogP contribution in [0, 0.1) is 0 Å². The lowest BCUT2D eigenvalue weighted by atomic mass is 10.2. The molecule has 0 amide bonds. The number of pyridine rings is 1. The summed E-state index contributed by atoms with van der Waals surface area (Å²) in [6, 6.07) is 5.99. The predicted octanol–water partition coefficient (Wildman–Crippen LogP) is 4.76. The highest BCUT2D eigenvalue weighted by atomic mass is 35.5. The molecule has 0 spiro atoms. The van der Waals surface area contributed by atoms with Crippen LogP contribution in [0.25, 0.3) is 22.4 Å². The minimum atomic E-state index is -4.93. The molecule has 0 saturated carbocycles. The second kappa shape index (κ2) is 5.59. The van der Waals surface area contributed by atoms with Crippen LogP contribution in [0.1, 0.15) is 11.4 Å². The number of aromatic nitrogens is 5. The Balaban J connectivity index is 2.14. The van der Waals surface area contributed by atoms with Gasteiger partial charge in [0.25, 0.3) is 5.82 Å². The van der Waals surface area contributed by atoms with E-state index in [9.17, 15) is 26.3 Å². The van der Waals surface area contributed by atoms with Crippen LogP contribution in [0.3, 0.4) is 0 Å². The zero-order chi connectivity index (χ0) is 19.6. The van der Waals surface area contributed by atoms with Gasteiger partial charge in [-0.1, -0.05) is 23.7 Å². The second-order valence-corrected chi connectivity index (χ2v) is 5.91. The zero-order valence-electron chi connectivity index (χ0n) is 12.8. The van der Waals surface area contributed by atoms with E-state index in [1.54, 1.807) is 12.1 Å². The van der Waals surface area contributed by atoms with Crippen LogP contribution in [-0.4, -0.2) is 24.4 Å². The lowest BCUT2D eigenvalue weighted by Gasteiger charge is -2.14. The molecule has 4 aromatic rings. The molecule has 0 atom stereocenters. The van der Waals surface area contributed by atoms with Crippen molar-refractivity contribution in [3.05, 3.63) is 52.9 Å². The molecule has 0 N–H and O–H groups in total. The van der Waals surface area contributed by atoms with Gasteiger partial charge in [0, 0.05) is 5.39 Å². The summed E-state index contributed by atoms with van der Waals surface area (Å²) in [5.74, 6) is -2.31. The molecular formula is C15H6ClF6N5. The first-order chi connectivity index (χ1) is 12.6. The van der Waals surface area contributed by atoms with Gasteiger partial charge in [0.2, 0.25) is 0 Å². The summed E-state index contributed by atoms with van der Waals surface area (Å²) >= 11 is 6.08. The van der Waals surface area contributed by atoms with Crippen molar-refractivity contribution in [2.45, 2.75) is 12.4 Å². The number of hydrogen-bond acceptors (Lipinski definition) is 3. The van der Waals surface area contributed by atoms with Crippen molar-refractivity contribution in [2.75, 3.05) is 0 Å². The van der Waals surface area contributed by atoms with Crippen LogP contribution in [-0.2, 0) is 12.4 Å². The normalized spacial score (nSPS) is 13.0. The van der Waals surface area contributed by atoms with E-state index < -0.39 is 35.2 Å². The highest BCUT2D eigenvalue weighted by Gasteiger charge is 2.40. The molecule has 0 unspecified atom stereocenters. The number of rotatable bonds is 1. The Morgan fingerprint density at radius 2 is 1.67 bits per heavy atom. The van der Waals surface area contributed by atoms with E-state index in [0.717, 1.165) is 10.7 Å². The van der Waals surface area contributed by atoms with Crippen molar-refractivity contribution in [2.24, 2.45) is 0 Å². The first-order valence-corrected chi connectivity index (χ1v) is 7.62. The number of alkyl halides is 6. The largest absolute Gasteiger partial charge is 0.453 e. The van der Waals surface area contributed by atoms with Crippen molar-refractivity contribution in [1.29, 1.82) is 0 Å². The molecule has 3 aromatic heterocycles. The Hall–Kier alpha value is -2.82. The summed E-state index contributed by atoms with van der Waals surface area (Å²) in [5.41, 5.74) is -1.55. The highest BCUT2D eigenvalue weighted by Crippen LogP contribution is 2.37. The third kappa shape index (κ3) is 2.78. The van der Waals surface area contributed by atoms with E-state index in [0.29, 0.717) is 16.0 Å². The SMILES string of the molecule is FC(F)(F)c1nc2ccc(C(F)(F)F)c(-n3ncc4cccc(Cl)c43)n2n1. The second-order valence-electron chi connectivity index (χ2n) is 5.51. The van der Waals surface area contributed by atoms with Crippen molar-refractivity contribution in [1.82, 2.24) is 24.4 Å². The monoisotopic (exact) mass is 405 g/mol. The topological polar surface area (TPSA) is 48.0 Å². The quantitative estimate of drug-likeness (QED) is 0.429. The summed E-state index contributed by atoms with van der Waals surface area (Å²) in [6.07, 6.45) is -8.55. The first kappa shape index (κ1) is 17.6. The fourth-order valence-electron chi connectivity index (χ4n) is 2.68. The third-order valence-corrected chi connectivity index (χ3v) is 4.08. The van der Waals surface area contributed by atoms with Gasteiger partial charge in [-0.3, -0.25) is 0 Å². The molecule has 0 aliphatic rings. The molecule has 5 nitrogen and oxygen atoms in total. The van der Waals surface area contributed by atoms with Crippen molar-refractivity contribution in [3.8, 4) is 5.82 Å². The Labute approximate surface area is 150 Å². The zero-order valence-corrected chi connectivity index (χ0v) is 13.6. The molecule has 27 heavy (non-hydrogen) atoms. The summed E-state index contributed by atoms with van der Waals surface area (Å²) in [4.78, 5) is 3.27. The molecule has 0 saturated heterocycles. The minimum absolute atomic E-state index is 0.0753. The maximum Gasteiger partial charge on any atom is 0.453 e. The van der Waals surface area contributed by atoms with E-state index in [-0.39, 0.29) is 10.5 Å². The summed E-state index contributed by atoms with van der Waals surface area (Å²) in [7, 11) is 0. The summed E-state index contributed by atoms with van der Waals surface area (Å²) in [6.45, 7) is 0. The summed E-state index contributed by atoms with van der Waals surface area (Å²) < 4.78 is 80.8. The molecular weight excluding hydrogens is 400 g/mol. The Morgan fingerprint density at radius 1 is 0.926 bits per heavy atom.